The molecule has 0 unspecified atom stereocenters. The third kappa shape index (κ3) is 2.99. The average Bonchev–Trinajstić information content (AvgIpc) is 2.44. The van der Waals surface area contributed by atoms with Gasteiger partial charge in [-0.25, -0.2) is 27.0 Å². The number of oxazole rings is 1. The van der Waals surface area contributed by atoms with Gasteiger partial charge in [0.05, 0.1) is 0 Å². The van der Waals surface area contributed by atoms with Gasteiger partial charge in [-0.1, -0.05) is 0 Å². The molecule has 90 valence electrons. The van der Waals surface area contributed by atoms with Gasteiger partial charge in [-0.15, -0.1) is 0 Å². The molecule has 0 aliphatic carbocycles. The van der Waals surface area contributed by atoms with Gasteiger partial charge in [-0.2, -0.15) is 0 Å². The van der Waals surface area contributed by atoms with E-state index in [1.807, 2.05) is 0 Å². The first-order valence-electron chi connectivity index (χ1n) is 3.89. The molecule has 1 rings (SSSR count). The first kappa shape index (κ1) is 12.6. The zero-order valence-corrected chi connectivity index (χ0v) is 8.79. The maximum atomic E-state index is 12.3. The van der Waals surface area contributed by atoms with Crippen LogP contribution in [0.25, 0.3) is 0 Å². The quantitative estimate of drug-likeness (QED) is 0.856. The molecule has 0 bridgehead atoms. The lowest BCUT2D eigenvalue weighted by molar-refractivity contribution is 0.0644. The number of carboxylic acid groups (broad SMARTS) is 1. The Balaban J connectivity index is 3.17. The Hall–Kier alpha value is -1.51. The van der Waals surface area contributed by atoms with Gasteiger partial charge in [-0.05, 0) is 0 Å². The van der Waals surface area contributed by atoms with Crippen LogP contribution in [0.1, 0.15) is 28.6 Å². The lowest BCUT2D eigenvalue weighted by Gasteiger charge is -1.91. The number of hydrogen-bond acceptors (Lipinski definition) is 5. The molecule has 0 aliphatic rings. The SMILES string of the molecule is CS(=O)(=O)Cc1nc(C(F)F)c(C(=O)O)o1. The van der Waals surface area contributed by atoms with Crippen molar-refractivity contribution in [1.29, 1.82) is 0 Å². The number of carboxylic acids is 1. The molecule has 0 saturated heterocycles. The minimum Gasteiger partial charge on any atom is -0.475 e. The topological polar surface area (TPSA) is 97.5 Å². The first-order valence-corrected chi connectivity index (χ1v) is 5.95. The van der Waals surface area contributed by atoms with Crippen molar-refractivity contribution < 1.29 is 31.5 Å². The van der Waals surface area contributed by atoms with Gasteiger partial charge in [0.25, 0.3) is 6.43 Å². The molecule has 16 heavy (non-hydrogen) atoms. The Kier molecular flexibility index (Phi) is 3.27. The summed E-state index contributed by atoms with van der Waals surface area (Å²) in [4.78, 5) is 13.6. The fraction of sp³-hybridized carbons (Fsp3) is 0.429. The maximum Gasteiger partial charge on any atom is 0.374 e. The molecule has 6 nitrogen and oxygen atoms in total. The van der Waals surface area contributed by atoms with Gasteiger partial charge in [0.15, 0.2) is 15.5 Å². The minimum atomic E-state index is -3.53. The number of aromatic carboxylic acids is 1. The second kappa shape index (κ2) is 4.16. The molecule has 0 fully saturated rings. The van der Waals surface area contributed by atoms with Crippen molar-refractivity contribution in [3.63, 3.8) is 0 Å². The van der Waals surface area contributed by atoms with Gasteiger partial charge in [0.1, 0.15) is 5.75 Å². The van der Waals surface area contributed by atoms with Crippen molar-refractivity contribution in [3.05, 3.63) is 17.3 Å². The zero-order chi connectivity index (χ0) is 12.5. The van der Waals surface area contributed by atoms with Gasteiger partial charge in [0.2, 0.25) is 11.7 Å². The van der Waals surface area contributed by atoms with Crippen LogP contribution in [0.5, 0.6) is 0 Å². The van der Waals surface area contributed by atoms with Crippen LogP contribution in [0.4, 0.5) is 8.78 Å². The molecule has 1 N–H and O–H groups in total. The average molecular weight is 255 g/mol. The summed E-state index contributed by atoms with van der Waals surface area (Å²) in [5.74, 6) is -4.04. The van der Waals surface area contributed by atoms with Crippen LogP contribution in [-0.4, -0.2) is 30.7 Å². The number of halogens is 2. The molecular weight excluding hydrogens is 248 g/mol. The van der Waals surface area contributed by atoms with E-state index in [-0.39, 0.29) is 0 Å². The van der Waals surface area contributed by atoms with Gasteiger partial charge in [-0.3, -0.25) is 0 Å². The van der Waals surface area contributed by atoms with Crippen molar-refractivity contribution >= 4 is 15.8 Å². The summed E-state index contributed by atoms with van der Waals surface area (Å²) < 4.78 is 50.7. The van der Waals surface area contributed by atoms with E-state index in [0.717, 1.165) is 6.26 Å². The molecular formula is C7H7F2NO5S. The smallest absolute Gasteiger partial charge is 0.374 e. The Morgan fingerprint density at radius 3 is 2.44 bits per heavy atom. The third-order valence-electron chi connectivity index (χ3n) is 1.48. The van der Waals surface area contributed by atoms with Gasteiger partial charge < -0.3 is 9.52 Å². The van der Waals surface area contributed by atoms with E-state index >= 15 is 0 Å². The lowest BCUT2D eigenvalue weighted by Crippen LogP contribution is -2.01. The maximum absolute atomic E-state index is 12.3. The van der Waals surface area contributed by atoms with E-state index in [2.05, 4.69) is 9.40 Å². The molecule has 0 aliphatic heterocycles. The zero-order valence-electron chi connectivity index (χ0n) is 7.98. The van der Waals surface area contributed by atoms with Crippen LogP contribution in [0.2, 0.25) is 0 Å². The fourth-order valence-corrected chi connectivity index (χ4v) is 1.54. The predicted octanol–water partition coefficient (Wildman–Crippen LogP) is 0.855. The molecule has 0 amide bonds. The lowest BCUT2D eigenvalue weighted by atomic mass is 10.3. The number of hydrogen-bond donors (Lipinski definition) is 1. The normalized spacial score (nSPS) is 12.0. The van der Waals surface area contributed by atoms with E-state index in [1.165, 1.54) is 0 Å². The summed E-state index contributed by atoms with van der Waals surface area (Å²) in [6, 6.07) is 0. The van der Waals surface area contributed by atoms with Crippen LogP contribution in [0.3, 0.4) is 0 Å². The monoisotopic (exact) mass is 255 g/mol. The van der Waals surface area contributed by atoms with Crippen molar-refractivity contribution in [2.75, 3.05) is 6.26 Å². The first-order chi connectivity index (χ1) is 7.20. The largest absolute Gasteiger partial charge is 0.475 e. The molecule has 0 spiro atoms. The Labute approximate surface area is 88.8 Å². The van der Waals surface area contributed by atoms with Gasteiger partial charge >= 0.3 is 5.97 Å². The molecule has 1 aromatic rings. The van der Waals surface area contributed by atoms with E-state index < -0.39 is 45.3 Å². The molecule has 0 saturated carbocycles. The van der Waals surface area contributed by atoms with Crippen molar-refractivity contribution in [3.8, 4) is 0 Å². The van der Waals surface area contributed by atoms with Crippen molar-refractivity contribution in [2.24, 2.45) is 0 Å². The molecule has 1 heterocycles. The van der Waals surface area contributed by atoms with E-state index in [4.69, 9.17) is 5.11 Å². The molecule has 0 atom stereocenters. The Morgan fingerprint density at radius 2 is 2.12 bits per heavy atom. The van der Waals surface area contributed by atoms with Crippen LogP contribution >= 0.6 is 0 Å². The highest BCUT2D eigenvalue weighted by Gasteiger charge is 2.27. The van der Waals surface area contributed by atoms with Gasteiger partial charge in [0, 0.05) is 6.26 Å². The van der Waals surface area contributed by atoms with E-state index in [9.17, 15) is 22.0 Å². The van der Waals surface area contributed by atoms with E-state index in [0.29, 0.717) is 0 Å². The summed E-state index contributed by atoms with van der Waals surface area (Å²) in [6.45, 7) is 0. The summed E-state index contributed by atoms with van der Waals surface area (Å²) in [5, 5.41) is 8.51. The predicted molar refractivity (Wildman–Crippen MR) is 47.0 cm³/mol. The third-order valence-corrected chi connectivity index (χ3v) is 2.26. The summed E-state index contributed by atoms with van der Waals surface area (Å²) in [7, 11) is -3.53. The minimum absolute atomic E-state index is 0.560. The standard InChI is InChI=1S/C7H7F2NO5S/c1-16(13,14)2-3-10-4(6(8)9)5(15-3)7(11)12/h6H,2H2,1H3,(H,11,12). The second-order valence-corrected chi connectivity index (χ2v) is 5.14. The molecule has 9 heteroatoms. The van der Waals surface area contributed by atoms with Crippen LogP contribution < -0.4 is 0 Å². The second-order valence-electron chi connectivity index (χ2n) is 3.00. The Bertz CT molecular complexity index is 507. The van der Waals surface area contributed by atoms with Crippen molar-refractivity contribution in [2.45, 2.75) is 12.2 Å². The molecule has 0 aromatic carbocycles. The summed E-state index contributed by atoms with van der Waals surface area (Å²) in [6.07, 6.45) is -2.29. The van der Waals surface area contributed by atoms with Crippen molar-refractivity contribution in [1.82, 2.24) is 4.98 Å². The van der Waals surface area contributed by atoms with E-state index in [1.54, 1.807) is 0 Å². The van der Waals surface area contributed by atoms with Crippen LogP contribution in [0, 0.1) is 0 Å². The van der Waals surface area contributed by atoms with Crippen LogP contribution in [0.15, 0.2) is 4.42 Å². The Morgan fingerprint density at radius 1 is 1.56 bits per heavy atom. The summed E-state index contributed by atoms with van der Waals surface area (Å²) in [5.41, 5.74) is -1.06. The highest BCUT2D eigenvalue weighted by molar-refractivity contribution is 7.89. The highest BCUT2D eigenvalue weighted by atomic mass is 32.2. The number of nitrogens with zero attached hydrogens (tertiary/aromatic N) is 1. The molecule has 1 aromatic heterocycles. The number of aromatic nitrogens is 1. The highest BCUT2D eigenvalue weighted by Crippen LogP contribution is 2.23. The van der Waals surface area contributed by atoms with Crippen LogP contribution in [-0.2, 0) is 15.6 Å². The number of carbonyl (C=O) groups is 1. The number of alkyl halides is 2. The number of rotatable bonds is 4. The molecule has 0 radical (unpaired) electrons. The fourth-order valence-electron chi connectivity index (χ4n) is 0.965. The number of sulfone groups is 1. The summed E-state index contributed by atoms with van der Waals surface area (Å²) >= 11 is 0.